The van der Waals surface area contributed by atoms with Crippen LogP contribution >= 0.6 is 0 Å². The van der Waals surface area contributed by atoms with Gasteiger partial charge < -0.3 is 9.47 Å². The summed E-state index contributed by atoms with van der Waals surface area (Å²) in [6.45, 7) is 3.47. The van der Waals surface area contributed by atoms with Crippen molar-refractivity contribution in [3.05, 3.63) is 58.1 Å². The number of benzene rings is 2. The fourth-order valence-corrected chi connectivity index (χ4v) is 4.28. The molecule has 0 spiro atoms. The van der Waals surface area contributed by atoms with Gasteiger partial charge in [0.15, 0.2) is 0 Å². The van der Waals surface area contributed by atoms with E-state index in [4.69, 9.17) is 9.47 Å². The van der Waals surface area contributed by atoms with Crippen molar-refractivity contribution in [2.45, 2.75) is 11.8 Å². The molecule has 0 bridgehead atoms. The molecule has 0 saturated carbocycles. The van der Waals surface area contributed by atoms with Crippen molar-refractivity contribution in [3.63, 3.8) is 0 Å². The fourth-order valence-electron chi connectivity index (χ4n) is 2.85. The van der Waals surface area contributed by atoms with Gasteiger partial charge in [-0.2, -0.15) is 9.41 Å². The molecule has 11 heteroatoms. The number of morpholine rings is 1. The second kappa shape index (κ2) is 9.65. The first kappa shape index (κ1) is 21.7. The minimum Gasteiger partial charge on any atom is -0.494 e. The van der Waals surface area contributed by atoms with Crippen LogP contribution in [0.15, 0.2) is 52.5 Å². The van der Waals surface area contributed by atoms with Crippen LogP contribution in [0.5, 0.6) is 5.75 Å². The molecule has 0 radical (unpaired) electrons. The monoisotopic (exact) mass is 434 g/mol. The molecule has 10 nitrogen and oxygen atoms in total. The van der Waals surface area contributed by atoms with Crippen LogP contribution in [0.3, 0.4) is 0 Å². The largest absolute Gasteiger partial charge is 0.494 e. The maximum atomic E-state index is 12.7. The Kier molecular flexibility index (Phi) is 6.98. The van der Waals surface area contributed by atoms with Crippen molar-refractivity contribution in [2.75, 3.05) is 38.3 Å². The second-order valence-electron chi connectivity index (χ2n) is 6.32. The Labute approximate surface area is 174 Å². The van der Waals surface area contributed by atoms with Gasteiger partial charge in [0.2, 0.25) is 10.0 Å². The van der Waals surface area contributed by atoms with E-state index in [0.717, 1.165) is 17.4 Å². The molecule has 30 heavy (non-hydrogen) atoms. The first-order valence-corrected chi connectivity index (χ1v) is 10.7. The molecule has 0 unspecified atom stereocenters. The highest BCUT2D eigenvalue weighted by atomic mass is 32.2. The van der Waals surface area contributed by atoms with E-state index >= 15 is 0 Å². The normalized spacial score (nSPS) is 15.2. The zero-order chi connectivity index (χ0) is 21.6. The van der Waals surface area contributed by atoms with Crippen LogP contribution < -0.4 is 10.2 Å². The number of ether oxygens (including phenoxy) is 2. The molecule has 1 saturated heterocycles. The van der Waals surface area contributed by atoms with Crippen LogP contribution in [0.4, 0.5) is 11.4 Å². The number of hydrogen-bond donors (Lipinski definition) is 1. The highest BCUT2D eigenvalue weighted by Gasteiger charge is 2.28. The Morgan fingerprint density at radius 2 is 1.93 bits per heavy atom. The molecule has 1 fully saturated rings. The number of hydrogen-bond acceptors (Lipinski definition) is 8. The van der Waals surface area contributed by atoms with Gasteiger partial charge in [0.05, 0.1) is 35.9 Å². The summed E-state index contributed by atoms with van der Waals surface area (Å²) in [5.74, 6) is 0.732. The number of nitrogens with zero attached hydrogens (tertiary/aromatic N) is 3. The first-order chi connectivity index (χ1) is 14.4. The maximum absolute atomic E-state index is 12.7. The molecule has 0 atom stereocenters. The number of sulfonamides is 1. The lowest BCUT2D eigenvalue weighted by Gasteiger charge is -2.26. The fraction of sp³-hybridized carbons (Fsp3) is 0.316. The zero-order valence-electron chi connectivity index (χ0n) is 16.4. The summed E-state index contributed by atoms with van der Waals surface area (Å²) < 4.78 is 37.3. The minimum absolute atomic E-state index is 0.0862. The van der Waals surface area contributed by atoms with Gasteiger partial charge in [0, 0.05) is 19.2 Å². The lowest BCUT2D eigenvalue weighted by atomic mass is 10.2. The van der Waals surface area contributed by atoms with E-state index in [1.54, 1.807) is 24.3 Å². The second-order valence-corrected chi connectivity index (χ2v) is 8.26. The van der Waals surface area contributed by atoms with Gasteiger partial charge in [-0.1, -0.05) is 0 Å². The predicted octanol–water partition coefficient (Wildman–Crippen LogP) is 2.46. The van der Waals surface area contributed by atoms with Crippen LogP contribution in [0, 0.1) is 10.1 Å². The lowest BCUT2D eigenvalue weighted by Crippen LogP contribution is -2.40. The summed E-state index contributed by atoms with van der Waals surface area (Å²) in [6, 6.07) is 10.9. The van der Waals surface area contributed by atoms with Crippen molar-refractivity contribution in [3.8, 4) is 5.75 Å². The Balaban J connectivity index is 1.77. The molecule has 2 aromatic rings. The van der Waals surface area contributed by atoms with E-state index in [0.29, 0.717) is 19.8 Å². The molecule has 1 aliphatic rings. The molecule has 3 rings (SSSR count). The lowest BCUT2D eigenvalue weighted by molar-refractivity contribution is -0.384. The zero-order valence-corrected chi connectivity index (χ0v) is 17.2. The number of rotatable bonds is 8. The molecule has 0 amide bonds. The van der Waals surface area contributed by atoms with E-state index in [2.05, 4.69) is 10.5 Å². The van der Waals surface area contributed by atoms with Crippen molar-refractivity contribution >= 4 is 27.6 Å². The van der Waals surface area contributed by atoms with E-state index in [-0.39, 0.29) is 29.4 Å². The van der Waals surface area contributed by atoms with Crippen LogP contribution in [-0.4, -0.2) is 56.8 Å². The van der Waals surface area contributed by atoms with Crippen molar-refractivity contribution in [1.29, 1.82) is 0 Å². The summed E-state index contributed by atoms with van der Waals surface area (Å²) in [7, 11) is -3.84. The highest BCUT2D eigenvalue weighted by Crippen LogP contribution is 2.29. The highest BCUT2D eigenvalue weighted by molar-refractivity contribution is 7.89. The van der Waals surface area contributed by atoms with Crippen LogP contribution in [0.2, 0.25) is 0 Å². The molecule has 0 aliphatic carbocycles. The molecule has 0 aromatic heterocycles. The molecule has 160 valence electrons. The van der Waals surface area contributed by atoms with E-state index in [1.807, 2.05) is 6.92 Å². The minimum atomic E-state index is -3.84. The quantitative estimate of drug-likeness (QED) is 0.384. The van der Waals surface area contributed by atoms with Crippen LogP contribution in [0.1, 0.15) is 12.5 Å². The molecule has 1 heterocycles. The molecular weight excluding hydrogens is 412 g/mol. The summed E-state index contributed by atoms with van der Waals surface area (Å²) >= 11 is 0. The third-order valence-corrected chi connectivity index (χ3v) is 6.26. The average Bonchev–Trinajstić information content (AvgIpc) is 2.76. The molecule has 1 N–H and O–H groups in total. The summed E-state index contributed by atoms with van der Waals surface area (Å²) in [5.41, 5.74) is 3.08. The van der Waals surface area contributed by atoms with Crippen molar-refractivity contribution < 1.29 is 22.8 Å². The molecule has 2 aromatic carbocycles. The molecular formula is C19H22N4O6S. The number of anilines is 1. The number of hydrazone groups is 1. The Morgan fingerprint density at radius 1 is 1.23 bits per heavy atom. The third kappa shape index (κ3) is 5.12. The van der Waals surface area contributed by atoms with E-state index < -0.39 is 14.9 Å². The average molecular weight is 434 g/mol. The Morgan fingerprint density at radius 3 is 2.57 bits per heavy atom. The predicted molar refractivity (Wildman–Crippen MR) is 112 cm³/mol. The summed E-state index contributed by atoms with van der Waals surface area (Å²) in [6.07, 6.45) is 1.50. The van der Waals surface area contributed by atoms with Crippen molar-refractivity contribution in [2.24, 2.45) is 5.10 Å². The van der Waals surface area contributed by atoms with Crippen LogP contribution in [-0.2, 0) is 14.8 Å². The van der Waals surface area contributed by atoms with Gasteiger partial charge >= 0.3 is 0 Å². The number of nitro groups is 1. The number of nitro benzene ring substituents is 1. The van der Waals surface area contributed by atoms with Gasteiger partial charge in [-0.15, -0.1) is 0 Å². The van der Waals surface area contributed by atoms with Crippen LogP contribution in [0.25, 0.3) is 0 Å². The summed E-state index contributed by atoms with van der Waals surface area (Å²) in [5, 5.41) is 15.5. The summed E-state index contributed by atoms with van der Waals surface area (Å²) in [4.78, 5) is 10.7. The van der Waals surface area contributed by atoms with Gasteiger partial charge in [-0.25, -0.2) is 8.42 Å². The Hall–Kier alpha value is -3.02. The van der Waals surface area contributed by atoms with E-state index in [1.165, 1.54) is 22.7 Å². The standard InChI is InChI=1S/C19H22N4O6S/c1-2-29-16-5-3-15(4-6-16)14-20-21-18-8-7-17(13-19(18)23(24)25)30(26,27)22-9-11-28-12-10-22/h3-8,13-14,21H,2,9-12H2,1H3/b20-14-. The van der Waals surface area contributed by atoms with E-state index in [9.17, 15) is 18.5 Å². The van der Waals surface area contributed by atoms with Gasteiger partial charge in [-0.05, 0) is 48.9 Å². The maximum Gasteiger partial charge on any atom is 0.295 e. The van der Waals surface area contributed by atoms with Gasteiger partial charge in [0.25, 0.3) is 5.69 Å². The third-order valence-electron chi connectivity index (χ3n) is 4.36. The van der Waals surface area contributed by atoms with Gasteiger partial charge in [0.1, 0.15) is 11.4 Å². The number of nitrogens with one attached hydrogen (secondary N) is 1. The smallest absolute Gasteiger partial charge is 0.295 e. The molecule has 1 aliphatic heterocycles. The first-order valence-electron chi connectivity index (χ1n) is 9.30. The Bertz CT molecular complexity index is 1020. The van der Waals surface area contributed by atoms with Gasteiger partial charge in [-0.3, -0.25) is 15.5 Å². The topological polar surface area (TPSA) is 123 Å². The SMILES string of the molecule is CCOc1ccc(/C=N\Nc2ccc(S(=O)(=O)N3CCOCC3)cc2[N+](=O)[O-])cc1. The van der Waals surface area contributed by atoms with Crippen molar-refractivity contribution in [1.82, 2.24) is 4.31 Å².